The van der Waals surface area contributed by atoms with Gasteiger partial charge in [0.25, 0.3) is 0 Å². The van der Waals surface area contributed by atoms with Crippen LogP contribution in [0.5, 0.6) is 0 Å². The van der Waals surface area contributed by atoms with Gasteiger partial charge < -0.3 is 5.32 Å². The number of rotatable bonds is 4. The minimum absolute atomic E-state index is 0.178. The Kier molecular flexibility index (Phi) is 4.23. The van der Waals surface area contributed by atoms with Crippen LogP contribution in [0.4, 0.5) is 14.5 Å². The predicted molar refractivity (Wildman–Crippen MR) is 69.8 cm³/mol. The molecule has 2 nitrogen and oxygen atoms in total. The number of anilines is 1. The summed E-state index contributed by atoms with van der Waals surface area (Å²) in [6.45, 7) is 0. The number of amides is 1. The summed E-state index contributed by atoms with van der Waals surface area (Å²) in [6.07, 6.45) is 0.709. The molecule has 4 heteroatoms. The van der Waals surface area contributed by atoms with Crippen molar-refractivity contribution in [2.45, 2.75) is 12.8 Å². The number of hydrogen-bond donors (Lipinski definition) is 1. The van der Waals surface area contributed by atoms with Gasteiger partial charge in [-0.2, -0.15) is 0 Å². The van der Waals surface area contributed by atoms with E-state index in [0.717, 1.165) is 17.7 Å². The molecule has 1 N–H and O–H groups in total. The lowest BCUT2D eigenvalue weighted by Gasteiger charge is -2.07. The maximum atomic E-state index is 13.3. The Morgan fingerprint density at radius 2 is 1.58 bits per heavy atom. The molecule has 0 unspecified atom stereocenters. The number of para-hydroxylation sites is 1. The van der Waals surface area contributed by atoms with Gasteiger partial charge >= 0.3 is 0 Å². The molecule has 1 amide bonds. The van der Waals surface area contributed by atoms with Crippen molar-refractivity contribution >= 4 is 11.6 Å². The maximum absolute atomic E-state index is 13.3. The van der Waals surface area contributed by atoms with Gasteiger partial charge in [0.1, 0.15) is 17.3 Å². The molecule has 2 aromatic rings. The van der Waals surface area contributed by atoms with Gasteiger partial charge in [-0.05, 0) is 24.1 Å². The third-order valence-corrected chi connectivity index (χ3v) is 2.71. The molecule has 0 spiro atoms. The van der Waals surface area contributed by atoms with Gasteiger partial charge in [0.15, 0.2) is 0 Å². The van der Waals surface area contributed by atoms with Crippen LogP contribution < -0.4 is 5.32 Å². The second-order valence-corrected chi connectivity index (χ2v) is 4.13. The van der Waals surface area contributed by atoms with Crippen LogP contribution in [0.3, 0.4) is 0 Å². The number of hydrogen-bond acceptors (Lipinski definition) is 1. The lowest BCUT2D eigenvalue weighted by atomic mass is 10.1. The van der Waals surface area contributed by atoms with Gasteiger partial charge in [-0.1, -0.05) is 36.4 Å². The fraction of sp³-hybridized carbons (Fsp3) is 0.133. The lowest BCUT2D eigenvalue weighted by Crippen LogP contribution is -2.14. The molecule has 98 valence electrons. The third kappa shape index (κ3) is 3.61. The minimum Gasteiger partial charge on any atom is -0.321 e. The summed E-state index contributed by atoms with van der Waals surface area (Å²) in [6, 6.07) is 12.9. The number of benzene rings is 2. The van der Waals surface area contributed by atoms with Crippen LogP contribution in [0.1, 0.15) is 12.0 Å². The van der Waals surface area contributed by atoms with Gasteiger partial charge in [0.05, 0.1) is 0 Å². The Morgan fingerprint density at radius 3 is 2.21 bits per heavy atom. The van der Waals surface area contributed by atoms with E-state index in [1.807, 2.05) is 30.3 Å². The summed E-state index contributed by atoms with van der Waals surface area (Å²) in [4.78, 5) is 11.6. The standard InChI is InChI=1S/C15H13F2NO/c16-12-7-4-8-13(17)15(12)18-14(19)10-9-11-5-2-1-3-6-11/h1-8H,9-10H2,(H,18,19). The third-order valence-electron chi connectivity index (χ3n) is 2.71. The Hall–Kier alpha value is -2.23. The van der Waals surface area contributed by atoms with Crippen LogP contribution in [0, 0.1) is 11.6 Å². The van der Waals surface area contributed by atoms with Crippen LogP contribution in [0.25, 0.3) is 0 Å². The van der Waals surface area contributed by atoms with Crippen molar-refractivity contribution < 1.29 is 13.6 Å². The van der Waals surface area contributed by atoms with E-state index < -0.39 is 17.5 Å². The van der Waals surface area contributed by atoms with Crippen LogP contribution in [0.2, 0.25) is 0 Å². The first kappa shape index (κ1) is 13.2. The highest BCUT2D eigenvalue weighted by Crippen LogP contribution is 2.18. The van der Waals surface area contributed by atoms with Crippen LogP contribution in [0.15, 0.2) is 48.5 Å². The molecular formula is C15H13F2NO. The number of nitrogens with one attached hydrogen (secondary N) is 1. The Balaban J connectivity index is 1.95. The smallest absolute Gasteiger partial charge is 0.224 e. The monoisotopic (exact) mass is 261 g/mol. The zero-order valence-corrected chi connectivity index (χ0v) is 10.2. The highest BCUT2D eigenvalue weighted by atomic mass is 19.1. The van der Waals surface area contributed by atoms with E-state index >= 15 is 0 Å². The fourth-order valence-corrected chi connectivity index (χ4v) is 1.72. The molecule has 0 aliphatic rings. The molecule has 0 fully saturated rings. The van der Waals surface area contributed by atoms with Crippen LogP contribution >= 0.6 is 0 Å². The quantitative estimate of drug-likeness (QED) is 0.896. The summed E-state index contributed by atoms with van der Waals surface area (Å²) < 4.78 is 26.6. The summed E-state index contributed by atoms with van der Waals surface area (Å²) >= 11 is 0. The van der Waals surface area contributed by atoms with Crippen molar-refractivity contribution in [3.05, 3.63) is 65.7 Å². The van der Waals surface area contributed by atoms with Gasteiger partial charge in [-0.25, -0.2) is 8.78 Å². The first-order chi connectivity index (χ1) is 9.16. The molecule has 0 radical (unpaired) electrons. The van der Waals surface area contributed by atoms with Crippen molar-refractivity contribution in [1.82, 2.24) is 0 Å². The molecule has 0 aliphatic heterocycles. The molecule has 0 bridgehead atoms. The lowest BCUT2D eigenvalue weighted by molar-refractivity contribution is -0.116. The van der Waals surface area contributed by atoms with Gasteiger partial charge in [0, 0.05) is 6.42 Å². The SMILES string of the molecule is O=C(CCc1ccccc1)Nc1c(F)cccc1F. The number of aryl methyl sites for hydroxylation is 1. The van der Waals surface area contributed by atoms with Gasteiger partial charge in [0.2, 0.25) is 5.91 Å². The summed E-state index contributed by atoms with van der Waals surface area (Å²) in [5.74, 6) is -1.95. The van der Waals surface area contributed by atoms with E-state index in [1.54, 1.807) is 0 Å². The molecule has 0 atom stereocenters. The molecule has 0 aliphatic carbocycles. The maximum Gasteiger partial charge on any atom is 0.224 e. The number of carbonyl (C=O) groups is 1. The molecule has 0 saturated carbocycles. The Labute approximate surface area is 110 Å². The molecular weight excluding hydrogens is 248 g/mol. The van der Waals surface area contributed by atoms with Crippen molar-refractivity contribution in [2.24, 2.45) is 0 Å². The van der Waals surface area contributed by atoms with Crippen molar-refractivity contribution in [1.29, 1.82) is 0 Å². The molecule has 2 rings (SSSR count). The zero-order valence-electron chi connectivity index (χ0n) is 10.2. The van der Waals surface area contributed by atoms with E-state index in [2.05, 4.69) is 5.32 Å². The highest BCUT2D eigenvalue weighted by Gasteiger charge is 2.11. The number of carbonyl (C=O) groups excluding carboxylic acids is 1. The molecule has 0 aromatic heterocycles. The van der Waals surface area contributed by atoms with E-state index in [4.69, 9.17) is 0 Å². The molecule has 0 heterocycles. The largest absolute Gasteiger partial charge is 0.321 e. The van der Waals surface area contributed by atoms with E-state index in [9.17, 15) is 13.6 Å². The van der Waals surface area contributed by atoms with Crippen molar-refractivity contribution in [3.8, 4) is 0 Å². The summed E-state index contributed by atoms with van der Waals surface area (Å²) in [5, 5.41) is 2.26. The summed E-state index contributed by atoms with van der Waals surface area (Å²) in [7, 11) is 0. The first-order valence-corrected chi connectivity index (χ1v) is 5.94. The minimum atomic E-state index is -0.770. The molecule has 19 heavy (non-hydrogen) atoms. The van der Waals surface area contributed by atoms with Crippen LogP contribution in [-0.2, 0) is 11.2 Å². The molecule has 2 aromatic carbocycles. The number of halogens is 2. The Bertz CT molecular complexity index is 549. The second kappa shape index (κ2) is 6.09. The molecule has 0 saturated heterocycles. The first-order valence-electron chi connectivity index (χ1n) is 5.94. The zero-order chi connectivity index (χ0) is 13.7. The van der Waals surface area contributed by atoms with Crippen LogP contribution in [-0.4, -0.2) is 5.91 Å². The van der Waals surface area contributed by atoms with Crippen molar-refractivity contribution in [2.75, 3.05) is 5.32 Å². The van der Waals surface area contributed by atoms with E-state index in [1.165, 1.54) is 6.07 Å². The fourth-order valence-electron chi connectivity index (χ4n) is 1.72. The predicted octanol–water partition coefficient (Wildman–Crippen LogP) is 3.54. The van der Waals surface area contributed by atoms with Gasteiger partial charge in [-0.3, -0.25) is 4.79 Å². The topological polar surface area (TPSA) is 29.1 Å². The van der Waals surface area contributed by atoms with E-state index in [-0.39, 0.29) is 12.1 Å². The van der Waals surface area contributed by atoms with Gasteiger partial charge in [-0.15, -0.1) is 0 Å². The normalized spacial score (nSPS) is 10.2. The highest BCUT2D eigenvalue weighted by molar-refractivity contribution is 5.91. The Morgan fingerprint density at radius 1 is 0.947 bits per heavy atom. The summed E-state index contributed by atoms with van der Waals surface area (Å²) in [5.41, 5.74) is 0.618. The van der Waals surface area contributed by atoms with Crippen molar-refractivity contribution in [3.63, 3.8) is 0 Å². The average Bonchev–Trinajstić information content (AvgIpc) is 2.42. The second-order valence-electron chi connectivity index (χ2n) is 4.13. The average molecular weight is 261 g/mol. The van der Waals surface area contributed by atoms with E-state index in [0.29, 0.717) is 6.42 Å².